The third-order valence-electron chi connectivity index (χ3n) is 4.37. The van der Waals surface area contributed by atoms with Gasteiger partial charge in [-0.3, -0.25) is 4.98 Å². The molecular formula is C22H22N2O5S. The van der Waals surface area contributed by atoms with Crippen LogP contribution in [0.2, 0.25) is 0 Å². The number of sulfonamides is 1. The topological polar surface area (TPSA) is 96.8 Å². The molecule has 0 radical (unpaired) electrons. The first kappa shape index (κ1) is 21.5. The monoisotopic (exact) mass is 426 g/mol. The molecule has 0 aliphatic heterocycles. The number of carbonyl (C=O) groups is 1. The fourth-order valence-corrected chi connectivity index (χ4v) is 4.23. The van der Waals surface area contributed by atoms with Crippen molar-refractivity contribution < 1.29 is 23.1 Å². The summed E-state index contributed by atoms with van der Waals surface area (Å²) in [6.07, 6.45) is 2.84. The van der Waals surface area contributed by atoms with Gasteiger partial charge in [0.2, 0.25) is 10.0 Å². The highest BCUT2D eigenvalue weighted by atomic mass is 32.2. The van der Waals surface area contributed by atoms with Gasteiger partial charge in [-0.15, -0.1) is 0 Å². The molecule has 30 heavy (non-hydrogen) atoms. The van der Waals surface area contributed by atoms with E-state index >= 15 is 0 Å². The number of benzene rings is 2. The van der Waals surface area contributed by atoms with Crippen LogP contribution in [0.1, 0.15) is 16.7 Å². The van der Waals surface area contributed by atoms with Crippen molar-refractivity contribution in [2.75, 3.05) is 6.61 Å². The highest BCUT2D eigenvalue weighted by molar-refractivity contribution is 7.89. The summed E-state index contributed by atoms with van der Waals surface area (Å²) in [4.78, 5) is 14.8. The smallest absolute Gasteiger partial charge is 0.341 e. The molecular weight excluding hydrogens is 404 g/mol. The third-order valence-corrected chi connectivity index (χ3v) is 6.15. The first-order valence-electron chi connectivity index (χ1n) is 9.24. The quantitative estimate of drug-likeness (QED) is 0.564. The van der Waals surface area contributed by atoms with Gasteiger partial charge in [-0.05, 0) is 42.3 Å². The Bertz CT molecular complexity index is 1100. The second-order valence-electron chi connectivity index (χ2n) is 6.78. The number of pyridine rings is 1. The Kier molecular flexibility index (Phi) is 6.81. The number of aromatic nitrogens is 1. The van der Waals surface area contributed by atoms with Gasteiger partial charge in [-0.2, -0.15) is 4.31 Å². The maximum absolute atomic E-state index is 13.3. The molecule has 0 saturated heterocycles. The van der Waals surface area contributed by atoms with Crippen LogP contribution in [0.15, 0.2) is 78.0 Å². The van der Waals surface area contributed by atoms with Crippen LogP contribution < -0.4 is 4.74 Å². The lowest BCUT2D eigenvalue weighted by Gasteiger charge is -2.23. The number of nitrogens with zero attached hydrogens (tertiary/aromatic N) is 2. The van der Waals surface area contributed by atoms with Gasteiger partial charge in [0.25, 0.3) is 0 Å². The molecule has 8 heteroatoms. The van der Waals surface area contributed by atoms with Crippen LogP contribution in [0.25, 0.3) is 0 Å². The number of aliphatic carboxylic acids is 1. The van der Waals surface area contributed by atoms with E-state index in [9.17, 15) is 13.2 Å². The maximum atomic E-state index is 13.3. The van der Waals surface area contributed by atoms with Crippen LogP contribution in [0.5, 0.6) is 5.75 Å². The van der Waals surface area contributed by atoms with E-state index in [2.05, 4.69) is 4.98 Å². The van der Waals surface area contributed by atoms with Crippen molar-refractivity contribution in [3.63, 3.8) is 0 Å². The number of ether oxygens (including phenoxy) is 1. The minimum absolute atomic E-state index is 0.0926. The lowest BCUT2D eigenvalue weighted by molar-refractivity contribution is -0.139. The van der Waals surface area contributed by atoms with Crippen molar-refractivity contribution in [3.8, 4) is 5.75 Å². The molecule has 0 aliphatic rings. The normalized spacial score (nSPS) is 11.4. The zero-order valence-corrected chi connectivity index (χ0v) is 17.2. The van der Waals surface area contributed by atoms with Crippen molar-refractivity contribution in [2.45, 2.75) is 24.9 Å². The van der Waals surface area contributed by atoms with Crippen molar-refractivity contribution in [1.29, 1.82) is 0 Å². The molecule has 0 bridgehead atoms. The molecule has 0 unspecified atom stereocenters. The molecule has 0 saturated carbocycles. The first-order chi connectivity index (χ1) is 14.3. The third kappa shape index (κ3) is 5.65. The van der Waals surface area contributed by atoms with E-state index in [1.54, 1.807) is 30.3 Å². The minimum Gasteiger partial charge on any atom is -0.482 e. The molecule has 0 fully saturated rings. The fourth-order valence-electron chi connectivity index (χ4n) is 2.85. The molecule has 1 heterocycles. The van der Waals surface area contributed by atoms with E-state index in [0.717, 1.165) is 11.1 Å². The molecule has 3 rings (SSSR count). The summed E-state index contributed by atoms with van der Waals surface area (Å²) in [5, 5.41) is 8.79. The van der Waals surface area contributed by atoms with E-state index in [1.165, 1.54) is 22.8 Å². The average Bonchev–Trinajstić information content (AvgIpc) is 2.74. The number of hydrogen-bond donors (Lipinski definition) is 1. The van der Waals surface area contributed by atoms with Crippen LogP contribution in [-0.4, -0.2) is 35.4 Å². The molecule has 0 spiro atoms. The van der Waals surface area contributed by atoms with Crippen LogP contribution >= 0.6 is 0 Å². The lowest BCUT2D eigenvalue weighted by Crippen LogP contribution is -2.30. The Morgan fingerprint density at radius 1 is 1.03 bits per heavy atom. The van der Waals surface area contributed by atoms with Gasteiger partial charge in [-0.1, -0.05) is 42.0 Å². The number of carboxylic acids is 1. The summed E-state index contributed by atoms with van der Waals surface area (Å²) in [5.41, 5.74) is 2.62. The molecule has 2 aromatic carbocycles. The summed E-state index contributed by atoms with van der Waals surface area (Å²) in [5.74, 6) is -0.718. The van der Waals surface area contributed by atoms with Gasteiger partial charge in [0.05, 0.1) is 0 Å². The highest BCUT2D eigenvalue weighted by Gasteiger charge is 2.25. The summed E-state index contributed by atoms with van der Waals surface area (Å²) in [6.45, 7) is 1.77. The predicted octanol–water partition coefficient (Wildman–Crippen LogP) is 3.24. The van der Waals surface area contributed by atoms with Gasteiger partial charge in [0, 0.05) is 25.5 Å². The van der Waals surface area contributed by atoms with E-state index in [0.29, 0.717) is 11.3 Å². The van der Waals surface area contributed by atoms with E-state index in [-0.39, 0.29) is 18.0 Å². The van der Waals surface area contributed by atoms with Crippen molar-refractivity contribution in [1.82, 2.24) is 9.29 Å². The van der Waals surface area contributed by atoms with Crippen molar-refractivity contribution in [3.05, 3.63) is 89.7 Å². The van der Waals surface area contributed by atoms with Gasteiger partial charge >= 0.3 is 5.97 Å². The van der Waals surface area contributed by atoms with Crippen LogP contribution in [0.4, 0.5) is 0 Å². The maximum Gasteiger partial charge on any atom is 0.341 e. The molecule has 0 atom stereocenters. The molecule has 7 nitrogen and oxygen atoms in total. The van der Waals surface area contributed by atoms with Crippen LogP contribution in [-0.2, 0) is 27.9 Å². The zero-order chi connectivity index (χ0) is 21.6. The van der Waals surface area contributed by atoms with Crippen LogP contribution in [0, 0.1) is 6.92 Å². The average molecular weight is 426 g/mol. The second kappa shape index (κ2) is 9.51. The molecule has 156 valence electrons. The fraction of sp³-hybridized carbons (Fsp3) is 0.182. The lowest BCUT2D eigenvalue weighted by atomic mass is 10.1. The van der Waals surface area contributed by atoms with Gasteiger partial charge < -0.3 is 9.84 Å². The Balaban J connectivity index is 1.90. The van der Waals surface area contributed by atoms with E-state index in [4.69, 9.17) is 9.84 Å². The second-order valence-corrected chi connectivity index (χ2v) is 8.72. The summed E-state index contributed by atoms with van der Waals surface area (Å²) < 4.78 is 33.1. The molecule has 0 aliphatic carbocycles. The Morgan fingerprint density at radius 2 is 1.77 bits per heavy atom. The molecule has 1 N–H and O–H groups in total. The summed E-state index contributed by atoms with van der Waals surface area (Å²) in [7, 11) is -3.81. The minimum atomic E-state index is -3.81. The number of hydrogen-bond acceptors (Lipinski definition) is 5. The first-order valence-corrected chi connectivity index (χ1v) is 10.7. The van der Waals surface area contributed by atoms with Gasteiger partial charge in [0.15, 0.2) is 6.61 Å². The van der Waals surface area contributed by atoms with Gasteiger partial charge in [0.1, 0.15) is 10.6 Å². The van der Waals surface area contributed by atoms with E-state index in [1.807, 2.05) is 31.2 Å². The van der Waals surface area contributed by atoms with Crippen molar-refractivity contribution in [2.24, 2.45) is 0 Å². The summed E-state index contributed by atoms with van der Waals surface area (Å²) >= 11 is 0. The Hall–Kier alpha value is -3.23. The SMILES string of the molecule is Cc1ccc(CN(Cc2cccc(OCC(=O)O)c2)S(=O)(=O)c2cccnc2)cc1. The van der Waals surface area contributed by atoms with Crippen LogP contribution in [0.3, 0.4) is 0 Å². The van der Waals surface area contributed by atoms with Crippen molar-refractivity contribution >= 4 is 16.0 Å². The largest absolute Gasteiger partial charge is 0.482 e. The van der Waals surface area contributed by atoms with Gasteiger partial charge in [-0.25, -0.2) is 13.2 Å². The highest BCUT2D eigenvalue weighted by Crippen LogP contribution is 2.22. The number of carboxylic acid groups (broad SMARTS) is 1. The molecule has 3 aromatic rings. The molecule has 1 aromatic heterocycles. The number of aryl methyl sites for hydroxylation is 1. The standard InChI is InChI=1S/C22H22N2O5S/c1-17-7-9-18(10-8-17)14-24(30(27,28)21-6-3-11-23-13-21)15-19-4-2-5-20(12-19)29-16-22(25)26/h2-13H,14-16H2,1H3,(H,25,26). The summed E-state index contributed by atoms with van der Waals surface area (Å²) in [6, 6.07) is 17.5. The Labute approximate surface area is 175 Å². The Morgan fingerprint density at radius 3 is 2.43 bits per heavy atom. The molecule has 0 amide bonds. The predicted molar refractivity (Wildman–Crippen MR) is 111 cm³/mol. The van der Waals surface area contributed by atoms with E-state index < -0.39 is 22.6 Å². The zero-order valence-electron chi connectivity index (χ0n) is 16.4. The number of rotatable bonds is 9.